The van der Waals surface area contributed by atoms with Crippen molar-refractivity contribution in [2.24, 2.45) is 0 Å². The number of rotatable bonds is 1. The summed E-state index contributed by atoms with van der Waals surface area (Å²) in [6.45, 7) is 0. The Morgan fingerprint density at radius 1 is 1.17 bits per heavy atom. The van der Waals surface area contributed by atoms with Crippen LogP contribution < -0.4 is 5.69 Å². The molecule has 3 rings (SSSR count). The molecule has 3 aromatic rings. The molecule has 0 aliphatic carbocycles. The van der Waals surface area contributed by atoms with Crippen LogP contribution in [0.2, 0.25) is 0 Å². The number of H-pyrrole nitrogens is 1. The minimum atomic E-state index is -0.373. The van der Waals surface area contributed by atoms with Crippen molar-refractivity contribution < 1.29 is 4.39 Å². The molecule has 0 aliphatic rings. The third-order valence-electron chi connectivity index (χ3n) is 2.74. The van der Waals surface area contributed by atoms with Gasteiger partial charge in [-0.15, -0.1) is 0 Å². The van der Waals surface area contributed by atoms with Crippen LogP contribution in [-0.2, 0) is 0 Å². The molecule has 0 fully saturated rings. The minimum Gasteiger partial charge on any atom is -0.305 e. The molecule has 1 heterocycles. The monoisotopic (exact) mass is 306 g/mol. The summed E-state index contributed by atoms with van der Waals surface area (Å²) in [5.74, 6) is -0.373. The molecule has 0 aliphatic heterocycles. The van der Waals surface area contributed by atoms with Crippen molar-refractivity contribution in [3.63, 3.8) is 0 Å². The van der Waals surface area contributed by atoms with E-state index in [9.17, 15) is 9.18 Å². The van der Waals surface area contributed by atoms with Gasteiger partial charge in [-0.3, -0.25) is 4.57 Å². The lowest BCUT2D eigenvalue weighted by Crippen LogP contribution is -2.14. The van der Waals surface area contributed by atoms with Crippen molar-refractivity contribution in [1.29, 1.82) is 0 Å². The average Bonchev–Trinajstić information content (AvgIpc) is 2.66. The standard InChI is InChI=1S/C13H8BrFN2O/c14-9-3-1-2-4-11(9)17-12-7-8(15)5-6-10(12)16-13(17)18/h1-7H,(H,16,18). The second-order valence-corrected chi connectivity index (χ2v) is 4.73. The van der Waals surface area contributed by atoms with Crippen LogP contribution in [-0.4, -0.2) is 9.55 Å². The molecule has 2 aromatic carbocycles. The van der Waals surface area contributed by atoms with Crippen molar-refractivity contribution in [1.82, 2.24) is 9.55 Å². The predicted molar refractivity (Wildman–Crippen MR) is 71.6 cm³/mol. The SMILES string of the molecule is O=c1[nH]c2ccc(F)cc2n1-c1ccccc1Br. The molecule has 0 spiro atoms. The van der Waals surface area contributed by atoms with E-state index in [0.717, 1.165) is 4.47 Å². The summed E-state index contributed by atoms with van der Waals surface area (Å²) in [4.78, 5) is 14.7. The third kappa shape index (κ3) is 1.67. The van der Waals surface area contributed by atoms with Crippen LogP contribution >= 0.6 is 15.9 Å². The van der Waals surface area contributed by atoms with E-state index in [1.807, 2.05) is 18.2 Å². The minimum absolute atomic E-state index is 0.289. The smallest absolute Gasteiger partial charge is 0.305 e. The highest BCUT2D eigenvalue weighted by atomic mass is 79.9. The highest BCUT2D eigenvalue weighted by Crippen LogP contribution is 2.23. The van der Waals surface area contributed by atoms with Gasteiger partial charge in [-0.1, -0.05) is 12.1 Å². The number of nitrogens with one attached hydrogen (secondary N) is 1. The molecule has 0 bridgehead atoms. The lowest BCUT2D eigenvalue weighted by atomic mass is 10.3. The van der Waals surface area contributed by atoms with E-state index in [2.05, 4.69) is 20.9 Å². The second kappa shape index (κ2) is 4.10. The van der Waals surface area contributed by atoms with Gasteiger partial charge in [-0.2, -0.15) is 0 Å². The van der Waals surface area contributed by atoms with E-state index >= 15 is 0 Å². The van der Waals surface area contributed by atoms with Crippen LogP contribution in [0.5, 0.6) is 0 Å². The van der Waals surface area contributed by atoms with Crippen molar-refractivity contribution in [2.45, 2.75) is 0 Å². The van der Waals surface area contributed by atoms with Gasteiger partial charge in [0, 0.05) is 10.5 Å². The first-order chi connectivity index (χ1) is 8.66. The van der Waals surface area contributed by atoms with Gasteiger partial charge in [0.25, 0.3) is 0 Å². The first-order valence-electron chi connectivity index (χ1n) is 5.32. The number of benzene rings is 2. The first kappa shape index (κ1) is 11.2. The molecule has 5 heteroatoms. The summed E-state index contributed by atoms with van der Waals surface area (Å²) in [6, 6.07) is 11.5. The van der Waals surface area contributed by atoms with E-state index < -0.39 is 0 Å². The zero-order valence-electron chi connectivity index (χ0n) is 9.15. The number of nitrogens with zero attached hydrogens (tertiary/aromatic N) is 1. The molecular formula is C13H8BrFN2O. The summed E-state index contributed by atoms with van der Waals surface area (Å²) >= 11 is 3.39. The Balaban J connectivity index is 2.42. The maximum Gasteiger partial charge on any atom is 0.331 e. The summed E-state index contributed by atoms with van der Waals surface area (Å²) in [5.41, 5.74) is 1.52. The molecule has 0 saturated carbocycles. The van der Waals surface area contributed by atoms with Gasteiger partial charge < -0.3 is 4.98 Å². The van der Waals surface area contributed by atoms with Crippen LogP contribution in [0.3, 0.4) is 0 Å². The maximum absolute atomic E-state index is 13.3. The Morgan fingerprint density at radius 2 is 1.94 bits per heavy atom. The van der Waals surface area contributed by atoms with Gasteiger partial charge in [0.05, 0.1) is 16.7 Å². The Bertz CT molecular complexity index is 791. The summed E-state index contributed by atoms with van der Waals surface area (Å²) in [6.07, 6.45) is 0. The predicted octanol–water partition coefficient (Wildman–Crippen LogP) is 3.22. The van der Waals surface area contributed by atoms with Crippen molar-refractivity contribution in [2.75, 3.05) is 0 Å². The van der Waals surface area contributed by atoms with Gasteiger partial charge in [-0.05, 0) is 40.2 Å². The van der Waals surface area contributed by atoms with Crippen LogP contribution in [0, 0.1) is 5.82 Å². The topological polar surface area (TPSA) is 37.8 Å². The van der Waals surface area contributed by atoms with Crippen LogP contribution in [0.15, 0.2) is 51.7 Å². The number of halogens is 2. The van der Waals surface area contributed by atoms with E-state index in [4.69, 9.17) is 0 Å². The van der Waals surface area contributed by atoms with Crippen molar-refractivity contribution in [3.05, 3.63) is 63.2 Å². The largest absolute Gasteiger partial charge is 0.331 e. The molecule has 0 radical (unpaired) electrons. The summed E-state index contributed by atoms with van der Waals surface area (Å²) in [5, 5.41) is 0. The van der Waals surface area contributed by atoms with Crippen molar-refractivity contribution in [3.8, 4) is 5.69 Å². The number of aromatic nitrogens is 2. The van der Waals surface area contributed by atoms with Gasteiger partial charge in [-0.25, -0.2) is 9.18 Å². The van der Waals surface area contributed by atoms with E-state index in [-0.39, 0.29) is 11.5 Å². The van der Waals surface area contributed by atoms with Crippen LogP contribution in [0.4, 0.5) is 4.39 Å². The van der Waals surface area contributed by atoms with Crippen LogP contribution in [0.25, 0.3) is 16.7 Å². The molecule has 0 atom stereocenters. The molecule has 1 N–H and O–H groups in total. The third-order valence-corrected chi connectivity index (χ3v) is 3.41. The Hall–Kier alpha value is -1.88. The molecule has 3 nitrogen and oxygen atoms in total. The van der Waals surface area contributed by atoms with E-state index in [1.165, 1.54) is 16.7 Å². The number of para-hydroxylation sites is 1. The quantitative estimate of drug-likeness (QED) is 0.736. The van der Waals surface area contributed by atoms with E-state index in [1.54, 1.807) is 12.1 Å². The average molecular weight is 307 g/mol. The molecule has 18 heavy (non-hydrogen) atoms. The molecular weight excluding hydrogens is 299 g/mol. The number of aromatic amines is 1. The van der Waals surface area contributed by atoms with Gasteiger partial charge in [0.2, 0.25) is 0 Å². The van der Waals surface area contributed by atoms with Gasteiger partial charge >= 0.3 is 5.69 Å². The lowest BCUT2D eigenvalue weighted by molar-refractivity contribution is 0.629. The zero-order chi connectivity index (χ0) is 12.7. The fourth-order valence-corrected chi connectivity index (χ4v) is 2.41. The lowest BCUT2D eigenvalue weighted by Gasteiger charge is -2.05. The zero-order valence-corrected chi connectivity index (χ0v) is 10.7. The molecule has 90 valence electrons. The van der Waals surface area contributed by atoms with Gasteiger partial charge in [0.15, 0.2) is 0 Å². The fraction of sp³-hybridized carbons (Fsp3) is 0. The first-order valence-corrected chi connectivity index (χ1v) is 6.11. The molecule has 0 amide bonds. The Kier molecular flexibility index (Phi) is 2.56. The number of imidazole rings is 1. The Morgan fingerprint density at radius 3 is 2.72 bits per heavy atom. The highest BCUT2D eigenvalue weighted by molar-refractivity contribution is 9.10. The molecule has 1 aromatic heterocycles. The number of hydrogen-bond donors (Lipinski definition) is 1. The van der Waals surface area contributed by atoms with Gasteiger partial charge in [0.1, 0.15) is 5.82 Å². The fourth-order valence-electron chi connectivity index (χ4n) is 1.95. The number of hydrogen-bond acceptors (Lipinski definition) is 1. The summed E-state index contributed by atoms with van der Waals surface area (Å²) in [7, 11) is 0. The second-order valence-electron chi connectivity index (χ2n) is 3.88. The molecule has 0 unspecified atom stereocenters. The van der Waals surface area contributed by atoms with Crippen LogP contribution in [0.1, 0.15) is 0 Å². The van der Waals surface area contributed by atoms with Crippen molar-refractivity contribution >= 4 is 27.0 Å². The summed E-state index contributed by atoms with van der Waals surface area (Å²) < 4.78 is 15.5. The normalized spacial score (nSPS) is 11.0. The maximum atomic E-state index is 13.3. The highest BCUT2D eigenvalue weighted by Gasteiger charge is 2.11. The number of fused-ring (bicyclic) bond motifs is 1. The Labute approximate surface area is 110 Å². The molecule has 0 saturated heterocycles. The van der Waals surface area contributed by atoms with E-state index in [0.29, 0.717) is 16.7 Å².